The third-order valence-electron chi connectivity index (χ3n) is 2.72. The van der Waals surface area contributed by atoms with Gasteiger partial charge in [0.2, 0.25) is 0 Å². The number of fused-ring (bicyclic) bond motifs is 1. The maximum Gasteiger partial charge on any atom is 0.310 e. The number of hydrogen-bond donors (Lipinski definition) is 2. The molecule has 0 saturated heterocycles. The van der Waals surface area contributed by atoms with Crippen molar-refractivity contribution in [1.82, 2.24) is 0 Å². The number of carboxylic acids is 1. The number of phenolic OH excluding ortho intramolecular Hbond substituents is 1. The first-order valence-electron chi connectivity index (χ1n) is 5.03. The first-order chi connectivity index (χ1) is 7.58. The van der Waals surface area contributed by atoms with E-state index in [4.69, 9.17) is 5.11 Å². The molecule has 0 aliphatic rings. The Bertz CT molecular complexity index is 546. The molecule has 3 heteroatoms. The van der Waals surface area contributed by atoms with Crippen molar-refractivity contribution in [2.45, 2.75) is 12.8 Å². The first kappa shape index (κ1) is 10.5. The number of phenols is 1. The van der Waals surface area contributed by atoms with E-state index in [1.807, 2.05) is 12.1 Å². The summed E-state index contributed by atoms with van der Waals surface area (Å²) in [5.41, 5.74) is 0.769. The van der Waals surface area contributed by atoms with Crippen molar-refractivity contribution >= 4 is 16.7 Å². The third-order valence-corrected chi connectivity index (χ3v) is 2.72. The summed E-state index contributed by atoms with van der Waals surface area (Å²) in [7, 11) is 0. The van der Waals surface area contributed by atoms with Crippen LogP contribution in [0.5, 0.6) is 5.75 Å². The quantitative estimate of drug-likeness (QED) is 0.811. The lowest BCUT2D eigenvalue weighted by atomic mass is 9.98. The Morgan fingerprint density at radius 3 is 2.44 bits per heavy atom. The van der Waals surface area contributed by atoms with Gasteiger partial charge in [-0.15, -0.1) is 0 Å². The van der Waals surface area contributed by atoms with Gasteiger partial charge < -0.3 is 10.2 Å². The molecule has 2 aromatic carbocycles. The van der Waals surface area contributed by atoms with Crippen LogP contribution in [0.15, 0.2) is 36.4 Å². The predicted molar refractivity (Wildman–Crippen MR) is 61.7 cm³/mol. The summed E-state index contributed by atoms with van der Waals surface area (Å²) in [5.74, 6) is -1.14. The van der Waals surface area contributed by atoms with E-state index in [1.165, 1.54) is 0 Å². The molecule has 0 aliphatic heterocycles. The van der Waals surface area contributed by atoms with E-state index in [2.05, 4.69) is 0 Å². The van der Waals surface area contributed by atoms with Crippen LogP contribution in [0, 0.1) is 0 Å². The van der Waals surface area contributed by atoms with Crippen LogP contribution >= 0.6 is 0 Å². The summed E-state index contributed by atoms with van der Waals surface area (Å²) in [6.45, 7) is 1.66. The zero-order chi connectivity index (χ0) is 11.7. The summed E-state index contributed by atoms with van der Waals surface area (Å²) < 4.78 is 0. The lowest BCUT2D eigenvalue weighted by Crippen LogP contribution is -2.06. The van der Waals surface area contributed by atoms with Gasteiger partial charge in [-0.05, 0) is 35.4 Å². The molecule has 2 N–H and O–H groups in total. The van der Waals surface area contributed by atoms with Crippen molar-refractivity contribution in [3.05, 3.63) is 42.0 Å². The molecule has 16 heavy (non-hydrogen) atoms. The van der Waals surface area contributed by atoms with E-state index in [1.54, 1.807) is 31.2 Å². The third kappa shape index (κ3) is 1.84. The molecule has 3 nitrogen and oxygen atoms in total. The van der Waals surface area contributed by atoms with Crippen LogP contribution in [0.3, 0.4) is 0 Å². The van der Waals surface area contributed by atoms with Crippen molar-refractivity contribution in [1.29, 1.82) is 0 Å². The fourth-order valence-corrected chi connectivity index (χ4v) is 1.66. The van der Waals surface area contributed by atoms with E-state index in [0.29, 0.717) is 0 Å². The molecule has 1 atom stereocenters. The summed E-state index contributed by atoms with van der Waals surface area (Å²) in [5, 5.41) is 20.1. The average Bonchev–Trinajstić information content (AvgIpc) is 2.27. The van der Waals surface area contributed by atoms with Gasteiger partial charge >= 0.3 is 5.97 Å². The number of carboxylic acid groups (broad SMARTS) is 1. The molecule has 0 saturated carbocycles. The molecule has 82 valence electrons. The summed E-state index contributed by atoms with van der Waals surface area (Å²) in [6.07, 6.45) is 0. The van der Waals surface area contributed by atoms with Crippen molar-refractivity contribution in [3.63, 3.8) is 0 Å². The number of carbonyl (C=O) groups is 1. The molecule has 0 aliphatic carbocycles. The van der Waals surface area contributed by atoms with Crippen molar-refractivity contribution in [2.24, 2.45) is 0 Å². The molecule has 0 aromatic heterocycles. The Hall–Kier alpha value is -2.03. The highest BCUT2D eigenvalue weighted by Gasteiger charge is 2.13. The average molecular weight is 216 g/mol. The second kappa shape index (κ2) is 3.85. The van der Waals surface area contributed by atoms with Crippen molar-refractivity contribution < 1.29 is 15.0 Å². The van der Waals surface area contributed by atoms with Crippen LogP contribution in [-0.4, -0.2) is 16.2 Å². The smallest absolute Gasteiger partial charge is 0.310 e. The summed E-state index contributed by atoms with van der Waals surface area (Å²) in [6, 6.07) is 10.5. The lowest BCUT2D eigenvalue weighted by molar-refractivity contribution is -0.138. The number of aromatic hydroxyl groups is 1. The van der Waals surface area contributed by atoms with Crippen LogP contribution in [-0.2, 0) is 4.79 Å². The standard InChI is InChI=1S/C13H12O3/c1-8(13(15)16)9-2-3-11-7-12(14)5-4-10(11)6-9/h2-8,14H,1H3,(H,15,16)/t8-/m0/s1. The van der Waals surface area contributed by atoms with Gasteiger partial charge in [-0.2, -0.15) is 0 Å². The zero-order valence-electron chi connectivity index (χ0n) is 8.84. The number of benzene rings is 2. The van der Waals surface area contributed by atoms with Gasteiger partial charge in [0, 0.05) is 0 Å². The van der Waals surface area contributed by atoms with Gasteiger partial charge in [0.05, 0.1) is 5.92 Å². The molecule has 0 radical (unpaired) electrons. The monoisotopic (exact) mass is 216 g/mol. The molecule has 0 amide bonds. The molecule has 0 heterocycles. The van der Waals surface area contributed by atoms with E-state index in [9.17, 15) is 9.90 Å². The van der Waals surface area contributed by atoms with Crippen molar-refractivity contribution in [2.75, 3.05) is 0 Å². The second-order valence-electron chi connectivity index (χ2n) is 3.85. The maximum atomic E-state index is 10.8. The molecule has 2 rings (SSSR count). The van der Waals surface area contributed by atoms with Gasteiger partial charge in [0.1, 0.15) is 5.75 Å². The Kier molecular flexibility index (Phi) is 2.52. The molecular weight excluding hydrogens is 204 g/mol. The highest BCUT2D eigenvalue weighted by atomic mass is 16.4. The summed E-state index contributed by atoms with van der Waals surface area (Å²) in [4.78, 5) is 10.8. The Labute approximate surface area is 93.0 Å². The minimum absolute atomic E-state index is 0.214. The predicted octanol–water partition coefficient (Wildman–Crippen LogP) is 2.73. The highest BCUT2D eigenvalue weighted by Crippen LogP contribution is 2.24. The molecule has 2 aromatic rings. The minimum atomic E-state index is -0.835. The molecular formula is C13H12O3. The SMILES string of the molecule is C[C@H](C(=O)O)c1ccc2cc(O)ccc2c1. The topological polar surface area (TPSA) is 57.5 Å². The normalized spacial score (nSPS) is 12.6. The Balaban J connectivity index is 2.52. The molecule has 0 spiro atoms. The fraction of sp³-hybridized carbons (Fsp3) is 0.154. The van der Waals surface area contributed by atoms with Crippen LogP contribution in [0.2, 0.25) is 0 Å². The van der Waals surface area contributed by atoms with Gasteiger partial charge in [-0.25, -0.2) is 0 Å². The Morgan fingerprint density at radius 2 is 1.75 bits per heavy atom. The van der Waals surface area contributed by atoms with E-state index in [-0.39, 0.29) is 5.75 Å². The largest absolute Gasteiger partial charge is 0.508 e. The molecule has 0 bridgehead atoms. The van der Waals surface area contributed by atoms with Crippen molar-refractivity contribution in [3.8, 4) is 5.75 Å². The van der Waals surface area contributed by atoms with Crippen LogP contribution in [0.1, 0.15) is 18.4 Å². The fourth-order valence-electron chi connectivity index (χ4n) is 1.66. The number of hydrogen-bond acceptors (Lipinski definition) is 2. The molecule has 0 fully saturated rings. The summed E-state index contributed by atoms with van der Waals surface area (Å²) >= 11 is 0. The molecule has 0 unspecified atom stereocenters. The van der Waals surface area contributed by atoms with Gasteiger partial charge in [-0.1, -0.05) is 24.3 Å². The van der Waals surface area contributed by atoms with E-state index in [0.717, 1.165) is 16.3 Å². The van der Waals surface area contributed by atoms with E-state index < -0.39 is 11.9 Å². The second-order valence-corrected chi connectivity index (χ2v) is 3.85. The maximum absolute atomic E-state index is 10.8. The lowest BCUT2D eigenvalue weighted by Gasteiger charge is -2.08. The van der Waals surface area contributed by atoms with E-state index >= 15 is 0 Å². The Morgan fingerprint density at radius 1 is 1.12 bits per heavy atom. The van der Waals surface area contributed by atoms with Crippen LogP contribution in [0.25, 0.3) is 10.8 Å². The zero-order valence-corrected chi connectivity index (χ0v) is 8.84. The minimum Gasteiger partial charge on any atom is -0.508 e. The number of rotatable bonds is 2. The van der Waals surface area contributed by atoms with Crippen LogP contribution in [0.4, 0.5) is 0 Å². The number of aliphatic carboxylic acids is 1. The van der Waals surface area contributed by atoms with Gasteiger partial charge in [-0.3, -0.25) is 4.79 Å². The van der Waals surface area contributed by atoms with Crippen LogP contribution < -0.4 is 0 Å². The van der Waals surface area contributed by atoms with Gasteiger partial charge in [0.25, 0.3) is 0 Å². The first-order valence-corrected chi connectivity index (χ1v) is 5.03. The highest BCUT2D eigenvalue weighted by molar-refractivity contribution is 5.86. The van der Waals surface area contributed by atoms with Gasteiger partial charge in [0.15, 0.2) is 0 Å².